The highest BCUT2D eigenvalue weighted by molar-refractivity contribution is 8.00. The Labute approximate surface area is 134 Å². The fourth-order valence-electron chi connectivity index (χ4n) is 1.35. The number of nitrogens with two attached hydrogens (primary N) is 1. The summed E-state index contributed by atoms with van der Waals surface area (Å²) in [4.78, 5) is 0.000852. The largest absolute Gasteiger partial charge is 0.326 e. The predicted octanol–water partition coefficient (Wildman–Crippen LogP) is 2.87. The number of halogens is 2. The highest BCUT2D eigenvalue weighted by Gasteiger charge is 2.24. The predicted molar refractivity (Wildman–Crippen MR) is 87.1 cm³/mol. The van der Waals surface area contributed by atoms with E-state index in [2.05, 4.69) is 4.72 Å². The molecule has 0 amide bonds. The Kier molecular flexibility index (Phi) is 6.19. The van der Waals surface area contributed by atoms with Crippen LogP contribution in [0.25, 0.3) is 0 Å². The van der Waals surface area contributed by atoms with E-state index in [1.165, 1.54) is 12.1 Å². The van der Waals surface area contributed by atoms with Gasteiger partial charge in [0.05, 0.1) is 5.02 Å². The van der Waals surface area contributed by atoms with E-state index in [0.717, 1.165) is 0 Å². The van der Waals surface area contributed by atoms with E-state index in [1.807, 2.05) is 20.1 Å². The van der Waals surface area contributed by atoms with E-state index in [4.69, 9.17) is 28.9 Å². The SMILES string of the molecule is CSC(C)(C)CNS(=O)(=O)c1cc(CN)c(Cl)cc1Cl. The molecule has 1 rings (SSSR count). The van der Waals surface area contributed by atoms with Crippen LogP contribution in [-0.2, 0) is 16.6 Å². The van der Waals surface area contributed by atoms with Gasteiger partial charge >= 0.3 is 0 Å². The van der Waals surface area contributed by atoms with Crippen molar-refractivity contribution in [3.05, 3.63) is 27.7 Å². The second-order valence-corrected chi connectivity index (χ2v) is 8.93. The van der Waals surface area contributed by atoms with Gasteiger partial charge in [-0.1, -0.05) is 23.2 Å². The summed E-state index contributed by atoms with van der Waals surface area (Å²) >= 11 is 13.5. The molecule has 0 aliphatic heterocycles. The Bertz CT molecular complexity index is 589. The molecule has 0 saturated heterocycles. The molecule has 0 bridgehead atoms. The summed E-state index contributed by atoms with van der Waals surface area (Å²) in [5, 5.41) is 0.447. The molecule has 20 heavy (non-hydrogen) atoms. The molecule has 0 fully saturated rings. The standard InChI is InChI=1S/C12H18Cl2N2O2S2/c1-12(2,19-3)7-16-20(17,18)11-4-8(6-15)9(13)5-10(11)14/h4-5,16H,6-7,15H2,1-3H3. The average molecular weight is 357 g/mol. The van der Waals surface area contributed by atoms with Crippen LogP contribution in [-0.4, -0.2) is 26.0 Å². The number of benzene rings is 1. The lowest BCUT2D eigenvalue weighted by atomic mass is 10.2. The number of thioether (sulfide) groups is 1. The highest BCUT2D eigenvalue weighted by atomic mass is 35.5. The molecule has 8 heteroatoms. The molecule has 0 spiro atoms. The molecule has 0 heterocycles. The van der Waals surface area contributed by atoms with E-state index >= 15 is 0 Å². The Morgan fingerprint density at radius 2 is 1.90 bits per heavy atom. The Hall–Kier alpha value is 0.0200. The Balaban J connectivity index is 3.10. The topological polar surface area (TPSA) is 72.2 Å². The lowest BCUT2D eigenvalue weighted by Crippen LogP contribution is -2.36. The first-order valence-electron chi connectivity index (χ1n) is 5.86. The molecule has 1 aromatic carbocycles. The number of nitrogens with one attached hydrogen (secondary N) is 1. The molecule has 0 aromatic heterocycles. The van der Waals surface area contributed by atoms with Crippen molar-refractivity contribution in [2.45, 2.75) is 30.0 Å². The zero-order valence-electron chi connectivity index (χ0n) is 11.5. The summed E-state index contributed by atoms with van der Waals surface area (Å²) in [6.45, 7) is 4.35. The van der Waals surface area contributed by atoms with Gasteiger partial charge in [0, 0.05) is 22.9 Å². The molecule has 114 valence electrons. The van der Waals surface area contributed by atoms with Gasteiger partial charge in [0.2, 0.25) is 10.0 Å². The Morgan fingerprint density at radius 1 is 1.30 bits per heavy atom. The van der Waals surface area contributed by atoms with E-state index in [0.29, 0.717) is 17.1 Å². The van der Waals surface area contributed by atoms with Crippen molar-refractivity contribution >= 4 is 45.0 Å². The van der Waals surface area contributed by atoms with Crippen LogP contribution in [0.2, 0.25) is 10.0 Å². The fraction of sp³-hybridized carbons (Fsp3) is 0.500. The van der Waals surface area contributed by atoms with Crippen LogP contribution in [0.4, 0.5) is 0 Å². The van der Waals surface area contributed by atoms with Crippen LogP contribution in [0.5, 0.6) is 0 Å². The normalized spacial score (nSPS) is 12.7. The minimum atomic E-state index is -3.69. The van der Waals surface area contributed by atoms with Crippen molar-refractivity contribution in [2.24, 2.45) is 5.73 Å². The van der Waals surface area contributed by atoms with Crippen LogP contribution in [0, 0.1) is 0 Å². The Morgan fingerprint density at radius 3 is 2.40 bits per heavy atom. The maximum Gasteiger partial charge on any atom is 0.242 e. The molecule has 0 aliphatic rings. The fourth-order valence-corrected chi connectivity index (χ4v) is 3.74. The van der Waals surface area contributed by atoms with Gasteiger partial charge in [-0.25, -0.2) is 13.1 Å². The molecule has 0 atom stereocenters. The maximum absolute atomic E-state index is 12.3. The first-order valence-corrected chi connectivity index (χ1v) is 9.32. The third-order valence-corrected chi connectivity index (χ3v) is 6.32. The van der Waals surface area contributed by atoms with Crippen molar-refractivity contribution < 1.29 is 8.42 Å². The molecule has 0 saturated carbocycles. The summed E-state index contributed by atoms with van der Waals surface area (Å²) in [6, 6.07) is 2.82. The maximum atomic E-state index is 12.3. The monoisotopic (exact) mass is 356 g/mol. The van der Waals surface area contributed by atoms with Crippen molar-refractivity contribution in [3.8, 4) is 0 Å². The second kappa shape index (κ2) is 6.85. The molecule has 3 N–H and O–H groups in total. The molecule has 0 unspecified atom stereocenters. The van der Waals surface area contributed by atoms with Crippen molar-refractivity contribution in [2.75, 3.05) is 12.8 Å². The molecular weight excluding hydrogens is 339 g/mol. The highest BCUT2D eigenvalue weighted by Crippen LogP contribution is 2.29. The van der Waals surface area contributed by atoms with Gasteiger partial charge in [0.15, 0.2) is 0 Å². The van der Waals surface area contributed by atoms with Gasteiger partial charge in [-0.05, 0) is 37.8 Å². The second-order valence-electron chi connectivity index (χ2n) is 4.87. The zero-order chi connectivity index (χ0) is 15.6. The smallest absolute Gasteiger partial charge is 0.242 e. The minimum Gasteiger partial charge on any atom is -0.326 e. The van der Waals surface area contributed by atoms with E-state index in [9.17, 15) is 8.42 Å². The van der Waals surface area contributed by atoms with Gasteiger partial charge in [-0.2, -0.15) is 11.8 Å². The summed E-state index contributed by atoms with van der Waals surface area (Å²) in [5.74, 6) is 0. The number of hydrogen-bond acceptors (Lipinski definition) is 4. The van der Waals surface area contributed by atoms with E-state index in [-0.39, 0.29) is 21.2 Å². The van der Waals surface area contributed by atoms with Crippen LogP contribution in [0.1, 0.15) is 19.4 Å². The van der Waals surface area contributed by atoms with Crippen LogP contribution >= 0.6 is 35.0 Å². The average Bonchev–Trinajstić information content (AvgIpc) is 2.36. The van der Waals surface area contributed by atoms with Crippen molar-refractivity contribution in [1.29, 1.82) is 0 Å². The van der Waals surface area contributed by atoms with Crippen LogP contribution < -0.4 is 10.5 Å². The first kappa shape index (κ1) is 18.1. The molecular formula is C12H18Cl2N2O2S2. The summed E-state index contributed by atoms with van der Waals surface area (Å²) < 4.78 is 27.0. The summed E-state index contributed by atoms with van der Waals surface area (Å²) in [6.07, 6.45) is 1.93. The first-order chi connectivity index (χ1) is 9.13. The number of sulfonamides is 1. The quantitative estimate of drug-likeness (QED) is 0.821. The summed E-state index contributed by atoms with van der Waals surface area (Å²) in [7, 11) is -3.69. The van der Waals surface area contributed by atoms with Crippen molar-refractivity contribution in [1.82, 2.24) is 4.72 Å². The lowest BCUT2D eigenvalue weighted by Gasteiger charge is -2.22. The molecule has 1 aromatic rings. The molecule has 0 radical (unpaired) electrons. The number of hydrogen-bond donors (Lipinski definition) is 2. The minimum absolute atomic E-state index is 0.000852. The van der Waals surface area contributed by atoms with Gasteiger partial charge in [-0.3, -0.25) is 0 Å². The van der Waals surface area contributed by atoms with Gasteiger partial charge in [-0.15, -0.1) is 0 Å². The summed E-state index contributed by atoms with van der Waals surface area (Å²) in [5.41, 5.74) is 6.07. The zero-order valence-corrected chi connectivity index (χ0v) is 14.7. The third kappa shape index (κ3) is 4.51. The molecule has 4 nitrogen and oxygen atoms in total. The van der Waals surface area contributed by atoms with Crippen molar-refractivity contribution in [3.63, 3.8) is 0 Å². The van der Waals surface area contributed by atoms with E-state index < -0.39 is 10.0 Å². The van der Waals surface area contributed by atoms with Gasteiger partial charge in [0.1, 0.15) is 4.90 Å². The van der Waals surface area contributed by atoms with Gasteiger partial charge in [0.25, 0.3) is 0 Å². The van der Waals surface area contributed by atoms with Crippen LogP contribution in [0.15, 0.2) is 17.0 Å². The van der Waals surface area contributed by atoms with E-state index in [1.54, 1.807) is 11.8 Å². The van der Waals surface area contributed by atoms with Gasteiger partial charge < -0.3 is 5.73 Å². The molecule has 0 aliphatic carbocycles. The third-order valence-electron chi connectivity index (χ3n) is 2.85. The number of rotatable bonds is 6. The van der Waals surface area contributed by atoms with Crippen LogP contribution in [0.3, 0.4) is 0 Å². The lowest BCUT2D eigenvalue weighted by molar-refractivity contribution is 0.570.